The van der Waals surface area contributed by atoms with Crippen LogP contribution in [-0.4, -0.2) is 5.75 Å². The Morgan fingerprint density at radius 3 is 1.79 bits per heavy atom. The molecule has 2 aromatic carbocycles. The lowest BCUT2D eigenvalue weighted by Gasteiger charge is -2.28. The highest BCUT2D eigenvalue weighted by atomic mass is 32.2. The Kier molecular flexibility index (Phi) is 5.37. The van der Waals surface area contributed by atoms with Crippen LogP contribution in [0.4, 0.5) is 0 Å². The summed E-state index contributed by atoms with van der Waals surface area (Å²) in [6, 6.07) is 21.0. The highest BCUT2D eigenvalue weighted by molar-refractivity contribution is 8.08. The Morgan fingerprint density at radius 2 is 1.37 bits per heavy atom. The van der Waals surface area contributed by atoms with Crippen molar-refractivity contribution in [3.8, 4) is 0 Å². The van der Waals surface area contributed by atoms with Crippen LogP contribution >= 0.6 is 24.1 Å². The predicted molar refractivity (Wildman–Crippen MR) is 86.1 cm³/mol. The van der Waals surface area contributed by atoms with Gasteiger partial charge in [-0.1, -0.05) is 67.6 Å². The highest BCUT2D eigenvalue weighted by Crippen LogP contribution is 2.44. The van der Waals surface area contributed by atoms with Gasteiger partial charge in [-0.15, -0.1) is 0 Å². The second kappa shape index (κ2) is 7.04. The van der Waals surface area contributed by atoms with Crippen LogP contribution in [0.25, 0.3) is 0 Å². The number of hydrogen-bond donors (Lipinski definition) is 0. The molecule has 0 saturated heterocycles. The van der Waals surface area contributed by atoms with Crippen LogP contribution in [0.15, 0.2) is 60.7 Å². The molecule has 0 aliphatic heterocycles. The van der Waals surface area contributed by atoms with Gasteiger partial charge in [-0.2, -0.15) is 0 Å². The Bertz CT molecular complexity index is 445. The lowest BCUT2D eigenvalue weighted by molar-refractivity contribution is 0.704. The molecule has 0 fully saturated rings. The van der Waals surface area contributed by atoms with Gasteiger partial charge in [0.2, 0.25) is 0 Å². The van der Waals surface area contributed by atoms with Crippen LogP contribution in [0, 0.1) is 0 Å². The second-order valence-electron chi connectivity index (χ2n) is 4.32. The van der Waals surface area contributed by atoms with Crippen molar-refractivity contribution in [2.24, 2.45) is 0 Å². The summed E-state index contributed by atoms with van der Waals surface area (Å²) in [5, 5.41) is 0. The van der Waals surface area contributed by atoms with Gasteiger partial charge in [0.25, 0.3) is 0 Å². The van der Waals surface area contributed by atoms with E-state index in [4.69, 9.17) is 3.63 Å². The van der Waals surface area contributed by atoms with E-state index in [1.54, 1.807) is 0 Å². The first kappa shape index (κ1) is 14.5. The molecule has 100 valence electrons. The minimum Gasteiger partial charge on any atom is -0.246 e. The quantitative estimate of drug-likeness (QED) is 0.529. The molecule has 0 amide bonds. The predicted octanol–water partition coefficient (Wildman–Crippen LogP) is 5.28. The molecule has 2 aromatic rings. The smallest absolute Gasteiger partial charge is 0.0904 e. The average molecular weight is 290 g/mol. The van der Waals surface area contributed by atoms with E-state index in [2.05, 4.69) is 62.4 Å². The number of hydrogen-bond acceptors (Lipinski definition) is 3. The lowest BCUT2D eigenvalue weighted by Crippen LogP contribution is -2.19. The third kappa shape index (κ3) is 3.56. The Balaban J connectivity index is 2.33. The molecule has 0 aliphatic carbocycles. The Morgan fingerprint density at radius 1 is 0.895 bits per heavy atom. The largest absolute Gasteiger partial charge is 0.246 e. The van der Waals surface area contributed by atoms with Gasteiger partial charge in [-0.25, -0.2) is 3.63 Å². The van der Waals surface area contributed by atoms with Crippen LogP contribution in [0.3, 0.4) is 0 Å². The average Bonchev–Trinajstić information content (AvgIpc) is 2.49. The molecule has 19 heavy (non-hydrogen) atoms. The fraction of sp³-hybridized carbons (Fsp3) is 0.250. The van der Waals surface area contributed by atoms with Gasteiger partial charge < -0.3 is 0 Å². The van der Waals surface area contributed by atoms with Crippen LogP contribution < -0.4 is 0 Å². The molecular formula is C16H18OS2. The molecule has 0 aliphatic rings. The molecule has 0 heterocycles. The summed E-state index contributed by atoms with van der Waals surface area (Å²) in [6.45, 7) is 4.30. The van der Waals surface area contributed by atoms with Crippen molar-refractivity contribution in [1.82, 2.24) is 0 Å². The van der Waals surface area contributed by atoms with Gasteiger partial charge in [0.05, 0.1) is 4.75 Å². The van der Waals surface area contributed by atoms with Crippen LogP contribution in [-0.2, 0) is 8.38 Å². The lowest BCUT2D eigenvalue weighted by atomic mass is 9.92. The zero-order valence-electron chi connectivity index (χ0n) is 11.2. The minimum absolute atomic E-state index is 0.190. The van der Waals surface area contributed by atoms with Gasteiger partial charge in [0.15, 0.2) is 0 Å². The summed E-state index contributed by atoms with van der Waals surface area (Å²) >= 11 is 3.00. The molecule has 0 spiro atoms. The Labute approximate surface area is 124 Å². The molecule has 2 rings (SSSR count). The molecule has 1 nitrogen and oxygen atoms in total. The third-order valence-corrected chi connectivity index (χ3v) is 4.71. The first-order valence-electron chi connectivity index (χ1n) is 6.35. The van der Waals surface area contributed by atoms with E-state index in [0.717, 1.165) is 5.75 Å². The summed E-state index contributed by atoms with van der Waals surface area (Å²) in [7, 11) is 0. The zero-order valence-corrected chi connectivity index (χ0v) is 12.8. The van der Waals surface area contributed by atoms with Crippen molar-refractivity contribution in [1.29, 1.82) is 0 Å². The van der Waals surface area contributed by atoms with Gasteiger partial charge in [-0.05, 0) is 18.1 Å². The van der Waals surface area contributed by atoms with E-state index in [-0.39, 0.29) is 4.75 Å². The van der Waals surface area contributed by atoms with E-state index in [1.807, 2.05) is 12.1 Å². The molecular weight excluding hydrogens is 272 g/mol. The summed E-state index contributed by atoms with van der Waals surface area (Å²) in [5.41, 5.74) is 2.51. The first-order valence-corrected chi connectivity index (χ1v) is 8.01. The molecule has 0 saturated carbocycles. The van der Waals surface area contributed by atoms with Gasteiger partial charge in [0, 0.05) is 29.8 Å². The Hall–Kier alpha value is -0.900. The maximum atomic E-state index is 5.69. The molecule has 0 bridgehead atoms. The van der Waals surface area contributed by atoms with Crippen LogP contribution in [0.2, 0.25) is 0 Å². The topological polar surface area (TPSA) is 9.23 Å². The maximum Gasteiger partial charge on any atom is 0.0904 e. The van der Waals surface area contributed by atoms with E-state index < -0.39 is 0 Å². The van der Waals surface area contributed by atoms with Crippen molar-refractivity contribution >= 4 is 24.1 Å². The van der Waals surface area contributed by atoms with Crippen LogP contribution in [0.5, 0.6) is 0 Å². The molecule has 0 atom stereocenters. The summed E-state index contributed by atoms with van der Waals surface area (Å²) in [4.78, 5) is 0. The van der Waals surface area contributed by atoms with E-state index in [1.165, 1.54) is 35.2 Å². The zero-order chi connectivity index (χ0) is 13.6. The highest BCUT2D eigenvalue weighted by Gasteiger charge is 2.30. The summed E-state index contributed by atoms with van der Waals surface area (Å²) in [6.07, 6.45) is 0. The normalized spacial score (nSPS) is 11.5. The third-order valence-electron chi connectivity index (χ3n) is 3.02. The van der Waals surface area contributed by atoms with Crippen molar-refractivity contribution in [2.75, 3.05) is 5.75 Å². The molecule has 0 N–H and O–H groups in total. The second-order valence-corrected chi connectivity index (χ2v) is 6.66. The maximum absolute atomic E-state index is 5.69. The SMILES string of the molecule is CCSOSC(C)(c1ccccc1)c1ccccc1. The first-order chi connectivity index (χ1) is 9.27. The van der Waals surface area contributed by atoms with Crippen molar-refractivity contribution < 1.29 is 3.63 Å². The van der Waals surface area contributed by atoms with E-state index in [9.17, 15) is 0 Å². The van der Waals surface area contributed by atoms with Gasteiger partial charge in [-0.3, -0.25) is 0 Å². The van der Waals surface area contributed by atoms with Crippen molar-refractivity contribution in [3.05, 3.63) is 71.8 Å². The standard InChI is InChI=1S/C16H18OS2/c1-3-18-17-19-16(2,14-10-6-4-7-11-14)15-12-8-5-9-13-15/h4-13H,3H2,1-2H3. The van der Waals surface area contributed by atoms with Crippen molar-refractivity contribution in [3.63, 3.8) is 0 Å². The monoisotopic (exact) mass is 290 g/mol. The summed E-state index contributed by atoms with van der Waals surface area (Å²) in [5.74, 6) is 0.951. The molecule has 0 aromatic heterocycles. The fourth-order valence-corrected chi connectivity index (χ4v) is 3.50. The minimum atomic E-state index is -0.190. The van der Waals surface area contributed by atoms with E-state index in [0.29, 0.717) is 0 Å². The van der Waals surface area contributed by atoms with Gasteiger partial charge >= 0.3 is 0 Å². The number of rotatable bonds is 6. The summed E-state index contributed by atoms with van der Waals surface area (Å²) < 4.78 is 5.50. The van der Waals surface area contributed by atoms with E-state index >= 15 is 0 Å². The number of benzene rings is 2. The van der Waals surface area contributed by atoms with Crippen molar-refractivity contribution in [2.45, 2.75) is 18.6 Å². The molecule has 3 heteroatoms. The van der Waals surface area contributed by atoms with Gasteiger partial charge in [0.1, 0.15) is 0 Å². The fourth-order valence-electron chi connectivity index (χ4n) is 1.92. The van der Waals surface area contributed by atoms with Crippen LogP contribution in [0.1, 0.15) is 25.0 Å². The molecule has 0 unspecified atom stereocenters. The molecule has 0 radical (unpaired) electrons.